The van der Waals surface area contributed by atoms with E-state index in [9.17, 15) is 0 Å². The molecule has 0 aliphatic heterocycles. The van der Waals surface area contributed by atoms with Crippen LogP contribution in [0.5, 0.6) is 0 Å². The Morgan fingerprint density at radius 2 is 2.40 bits per heavy atom. The lowest BCUT2D eigenvalue weighted by atomic mass is 10.4. The normalized spacial score (nSPS) is 6.40. The molecule has 0 heterocycles. The van der Waals surface area contributed by atoms with Gasteiger partial charge in [0.15, 0.2) is 0 Å². The van der Waals surface area contributed by atoms with E-state index in [1.165, 1.54) is 0 Å². The highest BCUT2D eigenvalue weighted by Crippen LogP contribution is 1.72. The van der Waals surface area contributed by atoms with Crippen LogP contribution in [-0.2, 0) is 0 Å². The zero-order chi connectivity index (χ0) is 4.12. The summed E-state index contributed by atoms with van der Waals surface area (Å²) in [4.78, 5) is 0. The van der Waals surface area contributed by atoms with E-state index in [1.807, 2.05) is 0 Å². The van der Waals surface area contributed by atoms with Crippen molar-refractivity contribution in [2.45, 2.75) is 6.42 Å². The van der Waals surface area contributed by atoms with Gasteiger partial charge in [-0.15, -0.1) is 6.58 Å². The molecule has 0 aliphatic rings. The first kappa shape index (κ1) is 4.48. The van der Waals surface area contributed by atoms with Crippen molar-refractivity contribution in [1.82, 2.24) is 0 Å². The molecular formula is C5H7. The van der Waals surface area contributed by atoms with Crippen LogP contribution >= 0.6 is 0 Å². The summed E-state index contributed by atoms with van der Waals surface area (Å²) in [5.41, 5.74) is 0. The van der Waals surface area contributed by atoms with Gasteiger partial charge in [-0.1, -0.05) is 12.7 Å². The second-order valence-electron chi connectivity index (χ2n) is 0.743. The van der Waals surface area contributed by atoms with Crippen molar-refractivity contribution in [3.05, 3.63) is 25.3 Å². The van der Waals surface area contributed by atoms with E-state index in [4.69, 9.17) is 0 Å². The summed E-state index contributed by atoms with van der Waals surface area (Å²) >= 11 is 0. The van der Waals surface area contributed by atoms with E-state index in [1.54, 1.807) is 6.08 Å². The quantitative estimate of drug-likeness (QED) is 0.430. The molecule has 0 aromatic rings. The van der Waals surface area contributed by atoms with Gasteiger partial charge in [-0.25, -0.2) is 0 Å². The minimum absolute atomic E-state index is 0.792. The lowest BCUT2D eigenvalue weighted by Crippen LogP contribution is -1.45. The SMILES string of the molecule is C=[C]CC=C. The van der Waals surface area contributed by atoms with Gasteiger partial charge in [0.05, 0.1) is 0 Å². The zero-order valence-corrected chi connectivity index (χ0v) is 3.20. The van der Waals surface area contributed by atoms with Gasteiger partial charge in [0.2, 0.25) is 0 Å². The highest BCUT2D eigenvalue weighted by Gasteiger charge is 1.54. The van der Waals surface area contributed by atoms with Gasteiger partial charge < -0.3 is 0 Å². The second-order valence-corrected chi connectivity index (χ2v) is 0.743. The second kappa shape index (κ2) is 3.48. The van der Waals surface area contributed by atoms with Crippen LogP contribution in [0.2, 0.25) is 0 Å². The molecule has 0 aliphatic carbocycles. The summed E-state index contributed by atoms with van der Waals surface area (Å²) in [6.45, 7) is 6.80. The molecule has 0 saturated heterocycles. The summed E-state index contributed by atoms with van der Waals surface area (Å²) in [7, 11) is 0. The van der Waals surface area contributed by atoms with Crippen LogP contribution in [0.1, 0.15) is 6.42 Å². The number of rotatable bonds is 2. The zero-order valence-electron chi connectivity index (χ0n) is 3.20. The smallest absolute Gasteiger partial charge is 0.0103 e. The van der Waals surface area contributed by atoms with Gasteiger partial charge >= 0.3 is 0 Å². The molecular weight excluding hydrogens is 60.1 g/mol. The molecule has 0 heteroatoms. The lowest BCUT2D eigenvalue weighted by molar-refractivity contribution is 1.37. The Kier molecular flexibility index (Phi) is 3.12. The van der Waals surface area contributed by atoms with E-state index in [0.29, 0.717) is 0 Å². The third-order valence-corrected chi connectivity index (χ3v) is 0.289. The highest BCUT2D eigenvalue weighted by molar-refractivity contribution is 4.72. The average molecular weight is 67.1 g/mol. The standard InChI is InChI=1S/C5H7/c1-3-5-4-2/h3H,1-2,5H2. The summed E-state index contributed by atoms with van der Waals surface area (Å²) < 4.78 is 0. The van der Waals surface area contributed by atoms with Gasteiger partial charge in [-0.2, -0.15) is 0 Å². The van der Waals surface area contributed by atoms with Gasteiger partial charge in [0, 0.05) is 0 Å². The molecule has 0 atom stereocenters. The Morgan fingerprint density at radius 3 is 2.40 bits per heavy atom. The maximum Gasteiger partial charge on any atom is -0.0103 e. The molecule has 0 nitrogen and oxygen atoms in total. The molecule has 0 saturated carbocycles. The van der Waals surface area contributed by atoms with Crippen LogP contribution < -0.4 is 0 Å². The lowest BCUT2D eigenvalue weighted by Gasteiger charge is -1.63. The first-order valence-electron chi connectivity index (χ1n) is 1.52. The van der Waals surface area contributed by atoms with Crippen molar-refractivity contribution >= 4 is 0 Å². The number of hydrogen-bond acceptors (Lipinski definition) is 0. The Labute approximate surface area is 32.8 Å². The van der Waals surface area contributed by atoms with Crippen molar-refractivity contribution in [2.24, 2.45) is 0 Å². The van der Waals surface area contributed by atoms with Crippen LogP contribution in [0.3, 0.4) is 0 Å². The van der Waals surface area contributed by atoms with E-state index >= 15 is 0 Å². The molecule has 5 heavy (non-hydrogen) atoms. The fourth-order valence-electron chi connectivity index (χ4n) is 0.102. The molecule has 27 valence electrons. The highest BCUT2D eigenvalue weighted by atomic mass is 13.6. The minimum atomic E-state index is 0.792. The summed E-state index contributed by atoms with van der Waals surface area (Å²) in [5.74, 6) is 0. The molecule has 0 fully saturated rings. The number of hydrogen-bond donors (Lipinski definition) is 0. The molecule has 0 aromatic carbocycles. The molecule has 1 radical (unpaired) electrons. The van der Waals surface area contributed by atoms with Crippen molar-refractivity contribution in [3.63, 3.8) is 0 Å². The van der Waals surface area contributed by atoms with Crippen molar-refractivity contribution in [3.8, 4) is 0 Å². The molecule has 0 aromatic heterocycles. The Bertz CT molecular complexity index is 29.3. The van der Waals surface area contributed by atoms with Crippen molar-refractivity contribution in [2.75, 3.05) is 0 Å². The monoisotopic (exact) mass is 67.1 g/mol. The Balaban J connectivity index is 2.65. The van der Waals surface area contributed by atoms with E-state index in [2.05, 4.69) is 19.2 Å². The number of allylic oxidation sites excluding steroid dienone is 2. The van der Waals surface area contributed by atoms with Gasteiger partial charge in [-0.05, 0) is 12.5 Å². The first-order chi connectivity index (χ1) is 2.41. The third kappa shape index (κ3) is 3.48. The van der Waals surface area contributed by atoms with Crippen LogP contribution in [0, 0.1) is 6.08 Å². The maximum atomic E-state index is 3.45. The molecule has 0 N–H and O–H groups in total. The van der Waals surface area contributed by atoms with E-state index < -0.39 is 0 Å². The molecule has 0 bridgehead atoms. The largest absolute Gasteiger partial charge is 0.103 e. The molecule has 0 amide bonds. The van der Waals surface area contributed by atoms with Crippen LogP contribution in [-0.4, -0.2) is 0 Å². The first-order valence-corrected chi connectivity index (χ1v) is 1.52. The Hall–Kier alpha value is -0.520. The average Bonchev–Trinajstić information content (AvgIpc) is 1.41. The van der Waals surface area contributed by atoms with Crippen molar-refractivity contribution in [1.29, 1.82) is 0 Å². The third-order valence-electron chi connectivity index (χ3n) is 0.289. The van der Waals surface area contributed by atoms with Gasteiger partial charge in [0.1, 0.15) is 0 Å². The molecule has 0 unspecified atom stereocenters. The summed E-state index contributed by atoms with van der Waals surface area (Å²) in [6, 6.07) is 0. The van der Waals surface area contributed by atoms with Crippen LogP contribution in [0.15, 0.2) is 19.2 Å². The predicted octanol–water partition coefficient (Wildman–Crippen LogP) is 1.55. The topological polar surface area (TPSA) is 0 Å². The van der Waals surface area contributed by atoms with Crippen LogP contribution in [0.4, 0.5) is 0 Å². The molecule has 0 rings (SSSR count). The van der Waals surface area contributed by atoms with Crippen LogP contribution in [0.25, 0.3) is 0 Å². The predicted molar refractivity (Wildman–Crippen MR) is 23.7 cm³/mol. The van der Waals surface area contributed by atoms with E-state index in [0.717, 1.165) is 6.42 Å². The van der Waals surface area contributed by atoms with Gasteiger partial charge in [0.25, 0.3) is 0 Å². The Morgan fingerprint density at radius 1 is 1.80 bits per heavy atom. The summed E-state index contributed by atoms with van der Waals surface area (Å²) in [6.07, 6.45) is 5.20. The summed E-state index contributed by atoms with van der Waals surface area (Å²) in [5, 5.41) is 0. The fourth-order valence-corrected chi connectivity index (χ4v) is 0.102. The van der Waals surface area contributed by atoms with E-state index in [-0.39, 0.29) is 0 Å². The fraction of sp³-hybridized carbons (Fsp3) is 0.200. The van der Waals surface area contributed by atoms with Crippen molar-refractivity contribution < 1.29 is 0 Å². The minimum Gasteiger partial charge on any atom is -0.103 e. The van der Waals surface area contributed by atoms with Gasteiger partial charge in [-0.3, -0.25) is 0 Å². The maximum absolute atomic E-state index is 3.45. The molecule has 0 spiro atoms.